The molecule has 0 aliphatic rings. The van der Waals surface area contributed by atoms with Gasteiger partial charge >= 0.3 is 11.9 Å². The lowest BCUT2D eigenvalue weighted by molar-refractivity contribution is 0.0211. The highest BCUT2D eigenvalue weighted by Gasteiger charge is 2.23. The Morgan fingerprint density at radius 2 is 1.40 bits per heavy atom. The third-order valence-corrected chi connectivity index (χ3v) is 3.60. The molecule has 0 aromatic heterocycles. The first kappa shape index (κ1) is 18.7. The minimum absolute atomic E-state index is 0.0513. The van der Waals surface area contributed by atoms with Crippen LogP contribution in [0.4, 0.5) is 0 Å². The normalized spacial score (nSPS) is 11.0. The fourth-order valence-electron chi connectivity index (χ4n) is 2.02. The van der Waals surface area contributed by atoms with Crippen molar-refractivity contribution in [2.75, 3.05) is 13.2 Å². The van der Waals surface area contributed by atoms with E-state index in [4.69, 9.17) is 9.47 Å². The van der Waals surface area contributed by atoms with E-state index in [1.165, 1.54) is 12.1 Å². The summed E-state index contributed by atoms with van der Waals surface area (Å²) in [5.74, 6) is -1.20. The summed E-state index contributed by atoms with van der Waals surface area (Å²) in [5.41, 5.74) is 0.624. The quantitative estimate of drug-likeness (QED) is 0.782. The fourth-order valence-corrected chi connectivity index (χ4v) is 2.02. The Balaban J connectivity index is 2.06. The van der Waals surface area contributed by atoms with Crippen molar-refractivity contribution in [2.45, 2.75) is 20.5 Å². The van der Waals surface area contributed by atoms with E-state index in [0.717, 1.165) is 5.56 Å². The van der Waals surface area contributed by atoms with Crippen LogP contribution in [0.15, 0.2) is 54.6 Å². The monoisotopic (exact) mass is 342 g/mol. The minimum atomic E-state index is -0.617. The topological polar surface area (TPSA) is 72.8 Å². The lowest BCUT2D eigenvalue weighted by Gasteiger charge is -2.21. The Morgan fingerprint density at radius 3 is 1.96 bits per heavy atom. The standard InChI is InChI=1S/C20H22O5/c1-20(2,13-21)14-25-19(23)17-11-7-6-10-16(17)18(22)24-12-15-8-4-3-5-9-15/h3-11,21H,12-14H2,1-2H3. The molecule has 0 unspecified atom stereocenters. The summed E-state index contributed by atoms with van der Waals surface area (Å²) in [6.07, 6.45) is 0. The maximum absolute atomic E-state index is 12.3. The van der Waals surface area contributed by atoms with Crippen LogP contribution in [0.1, 0.15) is 40.1 Å². The molecule has 25 heavy (non-hydrogen) atoms. The van der Waals surface area contributed by atoms with Crippen molar-refractivity contribution in [1.82, 2.24) is 0 Å². The second kappa shape index (κ2) is 8.44. The van der Waals surface area contributed by atoms with E-state index in [1.54, 1.807) is 26.0 Å². The van der Waals surface area contributed by atoms with Gasteiger partial charge in [0.25, 0.3) is 0 Å². The largest absolute Gasteiger partial charge is 0.461 e. The first-order chi connectivity index (χ1) is 11.9. The minimum Gasteiger partial charge on any atom is -0.461 e. The predicted molar refractivity (Wildman–Crippen MR) is 93.2 cm³/mol. The van der Waals surface area contributed by atoms with Gasteiger partial charge in [-0.2, -0.15) is 0 Å². The molecule has 0 atom stereocenters. The van der Waals surface area contributed by atoms with Gasteiger partial charge < -0.3 is 14.6 Å². The van der Waals surface area contributed by atoms with Crippen LogP contribution in [0.3, 0.4) is 0 Å². The van der Waals surface area contributed by atoms with Crippen LogP contribution in [0, 0.1) is 5.41 Å². The molecule has 0 fully saturated rings. The van der Waals surface area contributed by atoms with Crippen molar-refractivity contribution in [1.29, 1.82) is 0 Å². The molecule has 0 heterocycles. The number of carbonyl (C=O) groups is 2. The van der Waals surface area contributed by atoms with Crippen LogP contribution >= 0.6 is 0 Å². The summed E-state index contributed by atoms with van der Waals surface area (Å²) < 4.78 is 10.5. The Kier molecular flexibility index (Phi) is 6.31. The molecule has 0 saturated heterocycles. The van der Waals surface area contributed by atoms with Gasteiger partial charge in [-0.25, -0.2) is 9.59 Å². The Morgan fingerprint density at radius 1 is 0.880 bits per heavy atom. The van der Waals surface area contributed by atoms with E-state index >= 15 is 0 Å². The maximum atomic E-state index is 12.3. The second-order valence-electron chi connectivity index (χ2n) is 6.51. The number of carbonyl (C=O) groups excluding carboxylic acids is 2. The zero-order chi connectivity index (χ0) is 18.3. The zero-order valence-electron chi connectivity index (χ0n) is 14.4. The smallest absolute Gasteiger partial charge is 0.339 e. The Hall–Kier alpha value is -2.66. The van der Waals surface area contributed by atoms with Gasteiger partial charge in [0, 0.05) is 5.41 Å². The van der Waals surface area contributed by atoms with Crippen LogP contribution in [-0.2, 0) is 16.1 Å². The van der Waals surface area contributed by atoms with Crippen molar-refractivity contribution in [3.8, 4) is 0 Å². The molecule has 0 aliphatic heterocycles. The molecule has 2 aromatic rings. The highest BCUT2D eigenvalue weighted by atomic mass is 16.5. The summed E-state index contributed by atoms with van der Waals surface area (Å²) in [4.78, 5) is 24.6. The average molecular weight is 342 g/mol. The average Bonchev–Trinajstić information content (AvgIpc) is 2.65. The molecule has 0 bridgehead atoms. The molecule has 0 radical (unpaired) electrons. The van der Waals surface area contributed by atoms with E-state index in [0.29, 0.717) is 0 Å². The van der Waals surface area contributed by atoms with E-state index < -0.39 is 17.4 Å². The van der Waals surface area contributed by atoms with Gasteiger partial charge in [-0.05, 0) is 17.7 Å². The van der Waals surface area contributed by atoms with E-state index in [-0.39, 0.29) is 30.9 Å². The number of ether oxygens (including phenoxy) is 2. The van der Waals surface area contributed by atoms with Gasteiger partial charge in [0.15, 0.2) is 0 Å². The molecule has 0 spiro atoms. The van der Waals surface area contributed by atoms with Gasteiger partial charge in [-0.3, -0.25) is 0 Å². The number of aliphatic hydroxyl groups is 1. The van der Waals surface area contributed by atoms with Crippen molar-refractivity contribution in [3.05, 3.63) is 71.3 Å². The zero-order valence-corrected chi connectivity index (χ0v) is 14.4. The maximum Gasteiger partial charge on any atom is 0.339 e. The molecule has 5 heteroatoms. The highest BCUT2D eigenvalue weighted by molar-refractivity contribution is 6.03. The molecule has 132 valence electrons. The van der Waals surface area contributed by atoms with Gasteiger partial charge in [0.1, 0.15) is 6.61 Å². The summed E-state index contributed by atoms with van der Waals surface area (Å²) in [5, 5.41) is 9.23. The van der Waals surface area contributed by atoms with Gasteiger partial charge in [-0.15, -0.1) is 0 Å². The number of hydrogen-bond acceptors (Lipinski definition) is 5. The van der Waals surface area contributed by atoms with Crippen LogP contribution < -0.4 is 0 Å². The lowest BCUT2D eigenvalue weighted by atomic mass is 9.96. The first-order valence-electron chi connectivity index (χ1n) is 8.01. The molecule has 5 nitrogen and oxygen atoms in total. The third-order valence-electron chi connectivity index (χ3n) is 3.60. The van der Waals surface area contributed by atoms with Crippen molar-refractivity contribution >= 4 is 11.9 Å². The summed E-state index contributed by atoms with van der Waals surface area (Å²) >= 11 is 0. The van der Waals surface area contributed by atoms with Crippen molar-refractivity contribution in [3.63, 3.8) is 0 Å². The summed E-state index contributed by atoms with van der Waals surface area (Å²) in [6.45, 7) is 3.62. The summed E-state index contributed by atoms with van der Waals surface area (Å²) in [7, 11) is 0. The number of hydrogen-bond donors (Lipinski definition) is 1. The molecule has 0 amide bonds. The highest BCUT2D eigenvalue weighted by Crippen LogP contribution is 2.17. The van der Waals surface area contributed by atoms with E-state index in [1.807, 2.05) is 30.3 Å². The number of esters is 2. The van der Waals surface area contributed by atoms with Gasteiger partial charge in [0.2, 0.25) is 0 Å². The fraction of sp³-hybridized carbons (Fsp3) is 0.300. The second-order valence-corrected chi connectivity index (χ2v) is 6.51. The summed E-state index contributed by atoms with van der Waals surface area (Å²) in [6, 6.07) is 15.7. The van der Waals surface area contributed by atoms with Crippen LogP contribution in [0.25, 0.3) is 0 Å². The molecule has 0 saturated carbocycles. The molecular formula is C20H22O5. The number of benzene rings is 2. The predicted octanol–water partition coefficient (Wildman–Crippen LogP) is 3.22. The van der Waals surface area contributed by atoms with Crippen LogP contribution in [-0.4, -0.2) is 30.3 Å². The van der Waals surface area contributed by atoms with Crippen molar-refractivity contribution in [2.24, 2.45) is 5.41 Å². The lowest BCUT2D eigenvalue weighted by Crippen LogP contribution is -2.26. The molecular weight excluding hydrogens is 320 g/mol. The number of aliphatic hydroxyl groups excluding tert-OH is 1. The van der Waals surface area contributed by atoms with E-state index in [2.05, 4.69) is 0 Å². The van der Waals surface area contributed by atoms with Gasteiger partial charge in [0.05, 0.1) is 24.3 Å². The third kappa shape index (κ3) is 5.43. The SMILES string of the molecule is CC(C)(CO)COC(=O)c1ccccc1C(=O)OCc1ccccc1. The van der Waals surface area contributed by atoms with Gasteiger partial charge in [-0.1, -0.05) is 56.3 Å². The molecule has 0 aliphatic carbocycles. The molecule has 2 aromatic carbocycles. The Bertz CT molecular complexity index is 722. The van der Waals surface area contributed by atoms with Crippen LogP contribution in [0.5, 0.6) is 0 Å². The number of rotatable bonds is 7. The van der Waals surface area contributed by atoms with Crippen molar-refractivity contribution < 1.29 is 24.2 Å². The Labute approximate surface area is 147 Å². The first-order valence-corrected chi connectivity index (χ1v) is 8.01. The molecule has 2 rings (SSSR count). The molecule has 1 N–H and O–H groups in total. The van der Waals surface area contributed by atoms with Crippen LogP contribution in [0.2, 0.25) is 0 Å². The van der Waals surface area contributed by atoms with E-state index in [9.17, 15) is 14.7 Å².